The average molecular weight is 531 g/mol. The van der Waals surface area contributed by atoms with Gasteiger partial charge < -0.3 is 13.9 Å². The van der Waals surface area contributed by atoms with Crippen LogP contribution in [0.4, 0.5) is 9.52 Å². The predicted octanol–water partition coefficient (Wildman–Crippen LogP) is 6.32. The Hall–Kier alpha value is -4.24. The van der Waals surface area contributed by atoms with E-state index in [4.69, 9.17) is 18.9 Å². The minimum Gasteiger partial charge on any atom is -0.493 e. The second-order valence-corrected chi connectivity index (χ2v) is 10.2. The Bertz CT molecular complexity index is 1830. The van der Waals surface area contributed by atoms with Crippen molar-refractivity contribution in [2.24, 2.45) is 0 Å². The van der Waals surface area contributed by atoms with Crippen LogP contribution >= 0.6 is 11.3 Å². The van der Waals surface area contributed by atoms with E-state index in [9.17, 15) is 14.0 Å². The maximum Gasteiger partial charge on any atom is 0.297 e. The molecule has 0 aliphatic carbocycles. The van der Waals surface area contributed by atoms with Gasteiger partial charge in [0.2, 0.25) is 5.76 Å². The monoisotopic (exact) mass is 530 g/mol. The zero-order chi connectivity index (χ0) is 26.7. The van der Waals surface area contributed by atoms with E-state index in [1.807, 2.05) is 32.9 Å². The normalized spacial score (nSPS) is 14.9. The minimum absolute atomic E-state index is 0.0667. The van der Waals surface area contributed by atoms with E-state index in [0.717, 1.165) is 27.4 Å². The molecule has 6 rings (SSSR count). The first-order valence-electron chi connectivity index (χ1n) is 12.1. The van der Waals surface area contributed by atoms with Crippen LogP contribution < -0.4 is 19.8 Å². The van der Waals surface area contributed by atoms with Crippen LogP contribution in [-0.4, -0.2) is 24.6 Å². The third-order valence-corrected chi connectivity index (χ3v) is 7.66. The highest BCUT2D eigenvalue weighted by atomic mass is 32.1. The number of benzene rings is 3. The highest BCUT2D eigenvalue weighted by Gasteiger charge is 2.45. The predicted molar refractivity (Wildman–Crippen MR) is 144 cm³/mol. The van der Waals surface area contributed by atoms with E-state index >= 15 is 0 Å². The fourth-order valence-electron chi connectivity index (χ4n) is 5.05. The Morgan fingerprint density at radius 3 is 2.66 bits per heavy atom. The number of aryl methyl sites for hydroxylation is 2. The molecule has 3 heterocycles. The van der Waals surface area contributed by atoms with Gasteiger partial charge in [-0.1, -0.05) is 23.5 Å². The molecule has 9 heteroatoms. The van der Waals surface area contributed by atoms with E-state index in [2.05, 4.69) is 0 Å². The van der Waals surface area contributed by atoms with Gasteiger partial charge in [-0.05, 0) is 73.9 Å². The number of carbonyl (C=O) groups is 1. The lowest BCUT2D eigenvalue weighted by molar-refractivity contribution is 0.0971. The zero-order valence-corrected chi connectivity index (χ0v) is 21.9. The lowest BCUT2D eigenvalue weighted by Crippen LogP contribution is -2.29. The summed E-state index contributed by atoms with van der Waals surface area (Å²) < 4.78 is 32.2. The van der Waals surface area contributed by atoms with Crippen LogP contribution in [0.3, 0.4) is 0 Å². The molecular formula is C29H23FN2O5S. The number of halogens is 1. The van der Waals surface area contributed by atoms with Crippen molar-refractivity contribution in [2.75, 3.05) is 18.6 Å². The molecule has 38 heavy (non-hydrogen) atoms. The number of anilines is 1. The molecular weight excluding hydrogens is 507 g/mol. The Labute approximate surface area is 221 Å². The summed E-state index contributed by atoms with van der Waals surface area (Å²) in [5.41, 5.74) is 3.26. The number of amides is 1. The van der Waals surface area contributed by atoms with Crippen molar-refractivity contribution in [3.8, 4) is 11.5 Å². The van der Waals surface area contributed by atoms with E-state index < -0.39 is 23.2 Å². The first-order chi connectivity index (χ1) is 18.3. The number of fused-ring (bicyclic) bond motifs is 3. The van der Waals surface area contributed by atoms with Gasteiger partial charge in [0.05, 0.1) is 40.9 Å². The molecule has 0 spiro atoms. The maximum atomic E-state index is 14.1. The lowest BCUT2D eigenvalue weighted by atomic mass is 9.98. The molecule has 192 valence electrons. The van der Waals surface area contributed by atoms with Crippen LogP contribution in [0.2, 0.25) is 0 Å². The van der Waals surface area contributed by atoms with Gasteiger partial charge >= 0.3 is 0 Å². The first kappa shape index (κ1) is 24.1. The van der Waals surface area contributed by atoms with Crippen LogP contribution in [-0.2, 0) is 0 Å². The van der Waals surface area contributed by atoms with Crippen LogP contribution in [0.25, 0.3) is 21.2 Å². The fraction of sp³-hybridized carbons (Fsp3) is 0.207. The van der Waals surface area contributed by atoms with E-state index in [0.29, 0.717) is 28.8 Å². The molecule has 1 aliphatic heterocycles. The van der Waals surface area contributed by atoms with Crippen LogP contribution in [0, 0.1) is 19.7 Å². The molecule has 1 aliphatic rings. The smallest absolute Gasteiger partial charge is 0.297 e. The van der Waals surface area contributed by atoms with Crippen molar-refractivity contribution in [2.45, 2.75) is 26.8 Å². The van der Waals surface area contributed by atoms with E-state index in [1.165, 1.54) is 35.5 Å². The summed E-state index contributed by atoms with van der Waals surface area (Å²) in [5.74, 6) is -0.151. The number of carbonyl (C=O) groups excluding carboxylic acids is 1. The first-order valence-corrected chi connectivity index (χ1v) is 12.9. The van der Waals surface area contributed by atoms with Crippen molar-refractivity contribution < 1.29 is 23.1 Å². The quantitative estimate of drug-likeness (QED) is 0.265. The van der Waals surface area contributed by atoms with Gasteiger partial charge in [-0.2, -0.15) is 0 Å². The number of rotatable bonds is 5. The summed E-state index contributed by atoms with van der Waals surface area (Å²) in [6.45, 7) is 6.29. The van der Waals surface area contributed by atoms with E-state index in [1.54, 1.807) is 18.2 Å². The third-order valence-electron chi connectivity index (χ3n) is 6.66. The largest absolute Gasteiger partial charge is 0.493 e. The van der Waals surface area contributed by atoms with Gasteiger partial charge in [-0.15, -0.1) is 0 Å². The molecule has 0 bridgehead atoms. The van der Waals surface area contributed by atoms with Crippen LogP contribution in [0.5, 0.6) is 11.5 Å². The number of thiazole rings is 1. The second-order valence-electron chi connectivity index (χ2n) is 9.16. The number of methoxy groups -OCH3 is 1. The Morgan fingerprint density at radius 2 is 1.89 bits per heavy atom. The van der Waals surface area contributed by atoms with Gasteiger partial charge in [-0.3, -0.25) is 14.5 Å². The maximum absolute atomic E-state index is 14.1. The highest BCUT2D eigenvalue weighted by Crippen LogP contribution is 2.45. The molecule has 2 aromatic heterocycles. The molecule has 1 atom stereocenters. The molecule has 1 amide bonds. The Balaban J connectivity index is 1.63. The zero-order valence-electron chi connectivity index (χ0n) is 21.1. The minimum atomic E-state index is -0.868. The van der Waals surface area contributed by atoms with Crippen LogP contribution in [0.15, 0.2) is 57.7 Å². The number of hydrogen-bond donors (Lipinski definition) is 0. The SMILES string of the molecule is CCOc1ccc([C@H]2c3c(oc4ccc(F)cc4c3=O)C(=O)N2c2nc3c(C)cc(C)cc3s2)cc1OC. The average Bonchev–Trinajstić information content (AvgIpc) is 3.44. The molecule has 0 N–H and O–H groups in total. The standard InChI is InChI=1S/C29H23FN2O5S/c1-5-36-20-8-6-16(12-21(20)35-4)25-23-26(33)18-13-17(30)7-9-19(18)37-27(23)28(34)32(25)29-31-24-15(3)10-14(2)11-22(24)38-29/h6-13,25H,5H2,1-4H3/t25-/m0/s1. The van der Waals surface area contributed by atoms with Gasteiger partial charge in [0.15, 0.2) is 22.1 Å². The lowest BCUT2D eigenvalue weighted by Gasteiger charge is -2.23. The fourth-order valence-corrected chi connectivity index (χ4v) is 6.22. The van der Waals surface area contributed by atoms with Crippen molar-refractivity contribution in [3.63, 3.8) is 0 Å². The van der Waals surface area contributed by atoms with Crippen molar-refractivity contribution in [1.82, 2.24) is 4.98 Å². The molecule has 0 unspecified atom stereocenters. The van der Waals surface area contributed by atoms with Gasteiger partial charge in [0.25, 0.3) is 5.91 Å². The summed E-state index contributed by atoms with van der Waals surface area (Å²) in [7, 11) is 1.52. The van der Waals surface area contributed by atoms with Gasteiger partial charge in [0.1, 0.15) is 11.4 Å². The second kappa shape index (κ2) is 8.95. The summed E-state index contributed by atoms with van der Waals surface area (Å²) in [6.07, 6.45) is 0. The number of nitrogens with zero attached hydrogens (tertiary/aromatic N) is 2. The molecule has 0 radical (unpaired) electrons. The summed E-state index contributed by atoms with van der Waals surface area (Å²) >= 11 is 1.36. The number of ether oxygens (including phenoxy) is 2. The van der Waals surface area contributed by atoms with Crippen LogP contribution in [0.1, 0.15) is 45.8 Å². The molecule has 0 saturated carbocycles. The summed E-state index contributed by atoms with van der Waals surface area (Å²) in [5, 5.41) is 0.495. The van der Waals surface area contributed by atoms with Crippen molar-refractivity contribution in [3.05, 3.63) is 92.6 Å². The van der Waals surface area contributed by atoms with Gasteiger partial charge in [-0.25, -0.2) is 9.37 Å². The Kier molecular flexibility index (Phi) is 5.68. The molecule has 0 fully saturated rings. The molecule has 0 saturated heterocycles. The molecule has 5 aromatic rings. The topological polar surface area (TPSA) is 81.9 Å². The summed E-state index contributed by atoms with van der Waals surface area (Å²) in [6, 6.07) is 12.1. The summed E-state index contributed by atoms with van der Waals surface area (Å²) in [4.78, 5) is 34.0. The van der Waals surface area contributed by atoms with Gasteiger partial charge in [0, 0.05) is 0 Å². The Morgan fingerprint density at radius 1 is 1.08 bits per heavy atom. The highest BCUT2D eigenvalue weighted by molar-refractivity contribution is 7.22. The number of aromatic nitrogens is 1. The third kappa shape index (κ3) is 3.65. The van der Waals surface area contributed by atoms with E-state index in [-0.39, 0.29) is 22.3 Å². The van der Waals surface area contributed by atoms with Crippen molar-refractivity contribution in [1.29, 1.82) is 0 Å². The number of hydrogen-bond acceptors (Lipinski definition) is 7. The van der Waals surface area contributed by atoms with Crippen molar-refractivity contribution >= 4 is 43.6 Å². The molecule has 7 nitrogen and oxygen atoms in total. The molecule has 3 aromatic carbocycles.